The smallest absolute Gasteiger partial charge is 0.224 e. The predicted molar refractivity (Wildman–Crippen MR) is 120 cm³/mol. The summed E-state index contributed by atoms with van der Waals surface area (Å²) >= 11 is 3.32. The highest BCUT2D eigenvalue weighted by atomic mass is 32.1. The second-order valence-corrected chi connectivity index (χ2v) is 8.76. The molecular weight excluding hydrogens is 400 g/mol. The van der Waals surface area contributed by atoms with E-state index in [0.29, 0.717) is 6.42 Å². The number of hydrogen-bond donors (Lipinski definition) is 1. The molecule has 3 heterocycles. The highest BCUT2D eigenvalue weighted by Gasteiger charge is 2.08. The summed E-state index contributed by atoms with van der Waals surface area (Å²) in [6.45, 7) is 0. The van der Waals surface area contributed by atoms with E-state index in [1.165, 1.54) is 4.70 Å². The number of fused-ring (bicyclic) bond motifs is 2. The molecule has 0 aliphatic rings. The fraction of sp³-hybridized carbons (Fsp3) is 0.136. The quantitative estimate of drug-likeness (QED) is 0.388. The molecule has 144 valence electrons. The fourth-order valence-electron chi connectivity index (χ4n) is 3.24. The standard InChI is InChI=1S/C22H18N4OS2/c27-20(6-3-7-21-24-17-4-1-2-5-19(17)29-21)23-16-10-8-15(9-11-16)18-14-26-12-13-28-22(26)25-18/h1-2,4-5,8-14H,3,6-7H2,(H,23,27). The van der Waals surface area contributed by atoms with Crippen molar-refractivity contribution in [3.8, 4) is 11.3 Å². The van der Waals surface area contributed by atoms with Gasteiger partial charge in [0.25, 0.3) is 0 Å². The highest BCUT2D eigenvalue weighted by Crippen LogP contribution is 2.24. The number of imidazole rings is 1. The molecule has 5 rings (SSSR count). The van der Waals surface area contributed by atoms with Gasteiger partial charge in [0.05, 0.1) is 20.9 Å². The Balaban J connectivity index is 1.15. The molecular formula is C22H18N4OS2. The van der Waals surface area contributed by atoms with Gasteiger partial charge >= 0.3 is 0 Å². The first-order valence-corrected chi connectivity index (χ1v) is 11.1. The number of aromatic nitrogens is 3. The number of aryl methyl sites for hydroxylation is 1. The maximum atomic E-state index is 12.3. The van der Waals surface area contributed by atoms with E-state index in [9.17, 15) is 4.79 Å². The van der Waals surface area contributed by atoms with Gasteiger partial charge in [0.15, 0.2) is 4.96 Å². The number of carbonyl (C=O) groups is 1. The van der Waals surface area contributed by atoms with Gasteiger partial charge in [-0.15, -0.1) is 22.7 Å². The van der Waals surface area contributed by atoms with Crippen molar-refractivity contribution in [3.63, 3.8) is 0 Å². The number of amides is 1. The third kappa shape index (κ3) is 3.92. The fourth-order valence-corrected chi connectivity index (χ4v) is 4.95. The second-order valence-electron chi connectivity index (χ2n) is 6.77. The minimum absolute atomic E-state index is 0.0290. The minimum Gasteiger partial charge on any atom is -0.326 e. The lowest BCUT2D eigenvalue weighted by molar-refractivity contribution is -0.116. The molecule has 5 aromatic rings. The minimum atomic E-state index is 0.0290. The molecule has 2 aromatic carbocycles. The molecule has 0 bridgehead atoms. The highest BCUT2D eigenvalue weighted by molar-refractivity contribution is 7.18. The predicted octanol–water partition coefficient (Wildman–Crippen LogP) is 5.63. The third-order valence-corrected chi connectivity index (χ3v) is 6.56. The van der Waals surface area contributed by atoms with E-state index in [1.807, 2.05) is 64.6 Å². The van der Waals surface area contributed by atoms with Crippen molar-refractivity contribution in [1.29, 1.82) is 0 Å². The van der Waals surface area contributed by atoms with Crippen molar-refractivity contribution >= 4 is 49.4 Å². The van der Waals surface area contributed by atoms with Crippen LogP contribution in [0.4, 0.5) is 5.69 Å². The van der Waals surface area contributed by atoms with E-state index in [0.717, 1.165) is 45.3 Å². The van der Waals surface area contributed by atoms with Crippen LogP contribution >= 0.6 is 22.7 Å². The van der Waals surface area contributed by atoms with Gasteiger partial charge in [-0.1, -0.05) is 24.3 Å². The monoisotopic (exact) mass is 418 g/mol. The number of nitrogens with zero attached hydrogens (tertiary/aromatic N) is 3. The van der Waals surface area contributed by atoms with Crippen molar-refractivity contribution in [3.05, 3.63) is 71.3 Å². The molecule has 0 unspecified atom stereocenters. The van der Waals surface area contributed by atoms with E-state index in [4.69, 9.17) is 0 Å². The van der Waals surface area contributed by atoms with Crippen LogP contribution in [0.1, 0.15) is 17.8 Å². The Hall–Kier alpha value is -3.03. The summed E-state index contributed by atoms with van der Waals surface area (Å²) in [6.07, 6.45) is 6.11. The molecule has 0 saturated heterocycles. The molecule has 0 atom stereocenters. The van der Waals surface area contributed by atoms with Crippen LogP contribution in [0.25, 0.3) is 26.4 Å². The van der Waals surface area contributed by atoms with Gasteiger partial charge in [-0.05, 0) is 37.1 Å². The van der Waals surface area contributed by atoms with Crippen molar-refractivity contribution in [2.75, 3.05) is 5.32 Å². The topological polar surface area (TPSA) is 59.3 Å². The Morgan fingerprint density at radius 1 is 1.07 bits per heavy atom. The van der Waals surface area contributed by atoms with Crippen LogP contribution in [0.2, 0.25) is 0 Å². The van der Waals surface area contributed by atoms with Gasteiger partial charge in [0, 0.05) is 35.4 Å². The average molecular weight is 419 g/mol. The summed E-state index contributed by atoms with van der Waals surface area (Å²) in [5.74, 6) is 0.0290. The lowest BCUT2D eigenvalue weighted by Crippen LogP contribution is -2.11. The van der Waals surface area contributed by atoms with Crippen molar-refractivity contribution in [1.82, 2.24) is 14.4 Å². The van der Waals surface area contributed by atoms with E-state index in [-0.39, 0.29) is 5.91 Å². The van der Waals surface area contributed by atoms with E-state index in [1.54, 1.807) is 22.7 Å². The number of thiazole rings is 2. The summed E-state index contributed by atoms with van der Waals surface area (Å²) in [4.78, 5) is 22.5. The molecule has 3 aromatic heterocycles. The zero-order valence-electron chi connectivity index (χ0n) is 15.5. The number of nitrogens with one attached hydrogen (secondary N) is 1. The number of anilines is 1. The first kappa shape index (κ1) is 18.0. The van der Waals surface area contributed by atoms with Crippen molar-refractivity contribution in [2.24, 2.45) is 0 Å². The van der Waals surface area contributed by atoms with Crippen LogP contribution in [0.5, 0.6) is 0 Å². The van der Waals surface area contributed by atoms with E-state index >= 15 is 0 Å². The van der Waals surface area contributed by atoms with Crippen LogP contribution in [0.15, 0.2) is 66.3 Å². The third-order valence-electron chi connectivity index (χ3n) is 4.69. The first-order chi connectivity index (χ1) is 14.2. The van der Waals surface area contributed by atoms with Gasteiger partial charge in [0.2, 0.25) is 5.91 Å². The summed E-state index contributed by atoms with van der Waals surface area (Å²) < 4.78 is 3.21. The van der Waals surface area contributed by atoms with Gasteiger partial charge < -0.3 is 5.32 Å². The largest absolute Gasteiger partial charge is 0.326 e. The van der Waals surface area contributed by atoms with Crippen LogP contribution in [-0.2, 0) is 11.2 Å². The number of carbonyl (C=O) groups excluding carboxylic acids is 1. The van der Waals surface area contributed by atoms with Crippen molar-refractivity contribution in [2.45, 2.75) is 19.3 Å². The first-order valence-electron chi connectivity index (χ1n) is 9.41. The molecule has 0 aliphatic carbocycles. The van der Waals surface area contributed by atoms with Gasteiger partial charge in [-0.25, -0.2) is 9.97 Å². The molecule has 7 heteroatoms. The molecule has 0 spiro atoms. The lowest BCUT2D eigenvalue weighted by Gasteiger charge is -2.05. The van der Waals surface area contributed by atoms with E-state index < -0.39 is 0 Å². The van der Waals surface area contributed by atoms with Crippen molar-refractivity contribution < 1.29 is 4.79 Å². The Morgan fingerprint density at radius 2 is 1.93 bits per heavy atom. The molecule has 1 N–H and O–H groups in total. The van der Waals surface area contributed by atoms with Gasteiger partial charge in [-0.3, -0.25) is 9.20 Å². The Labute approximate surface area is 175 Å². The summed E-state index contributed by atoms with van der Waals surface area (Å²) in [5, 5.41) is 6.08. The van der Waals surface area contributed by atoms with Crippen LogP contribution < -0.4 is 5.32 Å². The zero-order valence-corrected chi connectivity index (χ0v) is 17.2. The molecule has 1 amide bonds. The number of rotatable bonds is 6. The number of para-hydroxylation sites is 1. The van der Waals surface area contributed by atoms with Gasteiger partial charge in [0.1, 0.15) is 0 Å². The van der Waals surface area contributed by atoms with E-state index in [2.05, 4.69) is 21.4 Å². The van der Waals surface area contributed by atoms with Gasteiger partial charge in [-0.2, -0.15) is 0 Å². The molecule has 0 aliphatic heterocycles. The summed E-state index contributed by atoms with van der Waals surface area (Å²) in [6, 6.07) is 16.0. The molecule has 0 radical (unpaired) electrons. The average Bonchev–Trinajstić information content (AvgIpc) is 3.42. The van der Waals surface area contributed by atoms with Crippen LogP contribution in [-0.4, -0.2) is 20.3 Å². The summed E-state index contributed by atoms with van der Waals surface area (Å²) in [7, 11) is 0. The number of hydrogen-bond acceptors (Lipinski definition) is 5. The normalized spacial score (nSPS) is 11.3. The Kier molecular flexibility index (Phi) is 4.83. The second kappa shape index (κ2) is 7.77. The molecule has 0 fully saturated rings. The Bertz CT molecular complexity index is 1220. The maximum Gasteiger partial charge on any atom is 0.224 e. The van der Waals surface area contributed by atoms with Crippen LogP contribution in [0.3, 0.4) is 0 Å². The molecule has 0 saturated carbocycles. The summed E-state index contributed by atoms with van der Waals surface area (Å²) in [5.41, 5.74) is 3.81. The molecule has 29 heavy (non-hydrogen) atoms. The Morgan fingerprint density at radius 3 is 2.76 bits per heavy atom. The number of benzene rings is 2. The molecule has 5 nitrogen and oxygen atoms in total. The van der Waals surface area contributed by atoms with Crippen LogP contribution in [0, 0.1) is 0 Å². The maximum absolute atomic E-state index is 12.3. The zero-order chi connectivity index (χ0) is 19.6. The lowest BCUT2D eigenvalue weighted by atomic mass is 10.1. The SMILES string of the molecule is O=C(CCCc1nc2ccccc2s1)Nc1ccc(-c2cn3ccsc3n2)cc1.